The van der Waals surface area contributed by atoms with E-state index < -0.39 is 5.97 Å². The molecule has 1 aromatic heterocycles. The molecule has 0 aliphatic rings. The molecule has 2 N–H and O–H groups in total. The highest BCUT2D eigenvalue weighted by Crippen LogP contribution is 2.30. The fourth-order valence-electron chi connectivity index (χ4n) is 2.26. The minimum atomic E-state index is -0.884. The summed E-state index contributed by atoms with van der Waals surface area (Å²) >= 11 is 0. The minimum absolute atomic E-state index is 0.00342. The summed E-state index contributed by atoms with van der Waals surface area (Å²) in [5, 5.41) is 9.40. The molecule has 2 rings (SSSR count). The first kappa shape index (κ1) is 15.1. The summed E-state index contributed by atoms with van der Waals surface area (Å²) in [6.07, 6.45) is 2.24. The number of aliphatic carboxylic acids is 1. The first-order valence-electron chi connectivity index (χ1n) is 7.00. The molecule has 1 heterocycles. The Morgan fingerprint density at radius 2 is 2.05 bits per heavy atom. The molecule has 0 spiro atoms. The van der Waals surface area contributed by atoms with Gasteiger partial charge in [-0.15, -0.1) is 0 Å². The quantitative estimate of drug-likeness (QED) is 0.766. The van der Waals surface area contributed by atoms with E-state index in [0.717, 1.165) is 10.9 Å². The number of carboxylic acid groups (broad SMARTS) is 1. The van der Waals surface area contributed by atoms with Crippen LogP contribution in [0.3, 0.4) is 0 Å². The maximum Gasteiger partial charge on any atom is 0.303 e. The molecule has 0 bridgehead atoms. The van der Waals surface area contributed by atoms with Crippen LogP contribution in [0.25, 0.3) is 10.9 Å². The number of aromatic amines is 1. The second kappa shape index (κ2) is 6.43. The number of hydrogen-bond acceptors (Lipinski definition) is 3. The van der Waals surface area contributed by atoms with Gasteiger partial charge in [-0.3, -0.25) is 9.59 Å². The zero-order valence-electron chi connectivity index (χ0n) is 12.2. The van der Waals surface area contributed by atoms with E-state index >= 15 is 0 Å². The fraction of sp³-hybridized carbons (Fsp3) is 0.375. The van der Waals surface area contributed by atoms with E-state index in [0.29, 0.717) is 17.7 Å². The Morgan fingerprint density at radius 3 is 2.71 bits per heavy atom. The van der Waals surface area contributed by atoms with Crippen molar-refractivity contribution in [3.8, 4) is 5.75 Å². The molecule has 0 saturated heterocycles. The first-order chi connectivity index (χ1) is 9.99. The number of Topliss-reactive ketones (excluding diaryl/α,β-unsaturated/α-hetero) is 1. The number of nitrogens with one attached hydrogen (secondary N) is 1. The van der Waals surface area contributed by atoms with Crippen molar-refractivity contribution in [2.45, 2.75) is 39.2 Å². The van der Waals surface area contributed by atoms with Gasteiger partial charge in [0.15, 0.2) is 5.78 Å². The lowest BCUT2D eigenvalue weighted by Crippen LogP contribution is -2.07. The molecule has 0 unspecified atom stereocenters. The van der Waals surface area contributed by atoms with Crippen LogP contribution in [-0.4, -0.2) is 27.9 Å². The average Bonchev–Trinajstić information content (AvgIpc) is 2.82. The molecular formula is C16H19NO4. The van der Waals surface area contributed by atoms with Gasteiger partial charge in [0.1, 0.15) is 5.75 Å². The third-order valence-electron chi connectivity index (χ3n) is 3.13. The van der Waals surface area contributed by atoms with E-state index in [1.165, 1.54) is 0 Å². The summed E-state index contributed by atoms with van der Waals surface area (Å²) < 4.78 is 5.75. The molecule has 112 valence electrons. The molecule has 0 saturated carbocycles. The molecule has 0 amide bonds. The Morgan fingerprint density at radius 1 is 1.29 bits per heavy atom. The first-order valence-corrected chi connectivity index (χ1v) is 7.00. The topological polar surface area (TPSA) is 79.4 Å². The highest BCUT2D eigenvalue weighted by atomic mass is 16.5. The van der Waals surface area contributed by atoms with Crippen LogP contribution in [0, 0.1) is 0 Å². The van der Waals surface area contributed by atoms with Gasteiger partial charge in [-0.1, -0.05) is 6.07 Å². The summed E-state index contributed by atoms with van der Waals surface area (Å²) in [5.74, 6) is -0.279. The summed E-state index contributed by atoms with van der Waals surface area (Å²) in [7, 11) is 0. The number of carbonyl (C=O) groups is 2. The SMILES string of the molecule is CC(C)Oc1cccc2[nH]cc(C(=O)CCCC(=O)O)c12. The van der Waals surface area contributed by atoms with Gasteiger partial charge in [-0.25, -0.2) is 0 Å². The Labute approximate surface area is 122 Å². The van der Waals surface area contributed by atoms with Gasteiger partial charge in [0.2, 0.25) is 0 Å². The zero-order chi connectivity index (χ0) is 15.4. The molecule has 0 aliphatic carbocycles. The minimum Gasteiger partial charge on any atom is -0.490 e. The lowest BCUT2D eigenvalue weighted by Gasteiger charge is -2.11. The van der Waals surface area contributed by atoms with Crippen LogP contribution < -0.4 is 4.74 Å². The Kier molecular flexibility index (Phi) is 4.62. The van der Waals surface area contributed by atoms with Crippen molar-refractivity contribution in [1.29, 1.82) is 0 Å². The second-order valence-corrected chi connectivity index (χ2v) is 5.22. The monoisotopic (exact) mass is 289 g/mol. The van der Waals surface area contributed by atoms with Crippen LogP contribution >= 0.6 is 0 Å². The van der Waals surface area contributed by atoms with Crippen LogP contribution in [0.2, 0.25) is 0 Å². The van der Waals surface area contributed by atoms with Gasteiger partial charge in [0.05, 0.1) is 11.5 Å². The maximum atomic E-state index is 12.3. The zero-order valence-corrected chi connectivity index (χ0v) is 12.2. The number of ketones is 1. The molecule has 2 aromatic rings. The van der Waals surface area contributed by atoms with E-state index in [4.69, 9.17) is 9.84 Å². The molecule has 21 heavy (non-hydrogen) atoms. The van der Waals surface area contributed by atoms with Crippen molar-refractivity contribution in [3.05, 3.63) is 30.0 Å². The van der Waals surface area contributed by atoms with Crippen LogP contribution in [0.4, 0.5) is 0 Å². The number of ether oxygens (including phenoxy) is 1. The molecule has 1 aromatic carbocycles. The number of aromatic nitrogens is 1. The predicted octanol–water partition coefficient (Wildman–Crippen LogP) is 3.39. The molecular weight excluding hydrogens is 270 g/mol. The van der Waals surface area contributed by atoms with Crippen LogP contribution in [-0.2, 0) is 4.79 Å². The van der Waals surface area contributed by atoms with Crippen molar-refractivity contribution >= 4 is 22.7 Å². The number of H-pyrrole nitrogens is 1. The van der Waals surface area contributed by atoms with Crippen LogP contribution in [0.5, 0.6) is 5.75 Å². The van der Waals surface area contributed by atoms with Crippen molar-refractivity contribution in [3.63, 3.8) is 0 Å². The number of rotatable bonds is 7. The van der Waals surface area contributed by atoms with Gasteiger partial charge < -0.3 is 14.8 Å². The van der Waals surface area contributed by atoms with E-state index in [1.807, 2.05) is 32.0 Å². The summed E-state index contributed by atoms with van der Waals surface area (Å²) in [4.78, 5) is 25.9. The summed E-state index contributed by atoms with van der Waals surface area (Å²) in [5.41, 5.74) is 1.40. The third kappa shape index (κ3) is 3.62. The third-order valence-corrected chi connectivity index (χ3v) is 3.13. The Bertz CT molecular complexity index is 657. The average molecular weight is 289 g/mol. The van der Waals surface area contributed by atoms with Crippen molar-refractivity contribution < 1.29 is 19.4 Å². The standard InChI is InChI=1S/C16H19NO4/c1-10(2)21-14-7-3-5-12-16(14)11(9-17-12)13(18)6-4-8-15(19)20/h3,5,7,9-10,17H,4,6,8H2,1-2H3,(H,19,20). The molecule has 0 aliphatic heterocycles. The lowest BCUT2D eigenvalue weighted by molar-refractivity contribution is -0.137. The predicted molar refractivity (Wildman–Crippen MR) is 79.9 cm³/mol. The summed E-state index contributed by atoms with van der Waals surface area (Å²) in [6, 6.07) is 5.59. The number of fused-ring (bicyclic) bond motifs is 1. The van der Waals surface area contributed by atoms with Gasteiger partial charge in [-0.2, -0.15) is 0 Å². The van der Waals surface area contributed by atoms with E-state index in [1.54, 1.807) is 6.20 Å². The Hall–Kier alpha value is -2.30. The largest absolute Gasteiger partial charge is 0.490 e. The van der Waals surface area contributed by atoms with Crippen molar-refractivity contribution in [2.24, 2.45) is 0 Å². The molecule has 0 atom stereocenters. The van der Waals surface area contributed by atoms with Gasteiger partial charge in [-0.05, 0) is 32.4 Å². The number of benzene rings is 1. The smallest absolute Gasteiger partial charge is 0.303 e. The molecule has 0 fully saturated rings. The maximum absolute atomic E-state index is 12.3. The normalized spacial score (nSPS) is 11.0. The van der Waals surface area contributed by atoms with Crippen molar-refractivity contribution in [2.75, 3.05) is 0 Å². The van der Waals surface area contributed by atoms with Gasteiger partial charge in [0, 0.05) is 30.1 Å². The number of carboxylic acids is 1. The number of carbonyl (C=O) groups excluding carboxylic acids is 1. The molecule has 5 nitrogen and oxygen atoms in total. The number of hydrogen-bond donors (Lipinski definition) is 2. The highest BCUT2D eigenvalue weighted by Gasteiger charge is 2.16. The summed E-state index contributed by atoms with van der Waals surface area (Å²) in [6.45, 7) is 3.86. The van der Waals surface area contributed by atoms with Gasteiger partial charge in [0.25, 0.3) is 0 Å². The van der Waals surface area contributed by atoms with Crippen molar-refractivity contribution in [1.82, 2.24) is 4.98 Å². The van der Waals surface area contributed by atoms with Crippen LogP contribution in [0.15, 0.2) is 24.4 Å². The van der Waals surface area contributed by atoms with Crippen LogP contribution in [0.1, 0.15) is 43.5 Å². The molecule has 5 heteroatoms. The fourth-order valence-corrected chi connectivity index (χ4v) is 2.26. The second-order valence-electron chi connectivity index (χ2n) is 5.22. The van der Waals surface area contributed by atoms with E-state index in [-0.39, 0.29) is 24.7 Å². The highest BCUT2D eigenvalue weighted by molar-refractivity contribution is 6.10. The van der Waals surface area contributed by atoms with E-state index in [2.05, 4.69) is 4.98 Å². The van der Waals surface area contributed by atoms with Gasteiger partial charge >= 0.3 is 5.97 Å². The Balaban J connectivity index is 2.27. The molecule has 0 radical (unpaired) electrons. The lowest BCUT2D eigenvalue weighted by atomic mass is 10.0. The van der Waals surface area contributed by atoms with E-state index in [9.17, 15) is 9.59 Å².